The number of hydrogen-bond donors (Lipinski definition) is 2. The monoisotopic (exact) mass is 486 g/mol. The summed E-state index contributed by atoms with van der Waals surface area (Å²) in [7, 11) is 0. The lowest BCUT2D eigenvalue weighted by atomic mass is 9.99. The maximum atomic E-state index is 11.6. The van der Waals surface area contributed by atoms with Crippen molar-refractivity contribution in [1.82, 2.24) is 0 Å². The van der Waals surface area contributed by atoms with Crippen LogP contribution in [0, 0.1) is 5.41 Å². The van der Waals surface area contributed by atoms with Gasteiger partial charge in [0.2, 0.25) is 0 Å². The summed E-state index contributed by atoms with van der Waals surface area (Å²) in [5.74, 6) is -2.76. The zero-order valence-electron chi connectivity index (χ0n) is 15.7. The highest BCUT2D eigenvalue weighted by atomic mass is 79.9. The molecule has 28 heavy (non-hydrogen) atoms. The first kappa shape index (κ1) is 26.1. The first-order valence-electron chi connectivity index (χ1n) is 7.82. The molecule has 3 N–H and O–H groups in total. The number of amidine groups is 1. The first-order chi connectivity index (χ1) is 12.5. The Hall–Kier alpha value is -1.86. The van der Waals surface area contributed by atoms with Crippen molar-refractivity contribution in [2.75, 3.05) is 6.61 Å². The Balaban J connectivity index is 0.00000729. The van der Waals surface area contributed by atoms with Gasteiger partial charge in [0.05, 0.1) is 0 Å². The molecule has 0 spiro atoms. The van der Waals surface area contributed by atoms with Crippen molar-refractivity contribution in [3.8, 4) is 0 Å². The van der Waals surface area contributed by atoms with Crippen molar-refractivity contribution in [2.24, 2.45) is 5.73 Å². The van der Waals surface area contributed by atoms with Crippen LogP contribution in [0.4, 0.5) is 0 Å². The highest BCUT2D eigenvalue weighted by molar-refractivity contribution is 8.93. The third-order valence-electron chi connectivity index (χ3n) is 3.19. The Morgan fingerprint density at radius 2 is 1.36 bits per heavy atom. The normalized spacial score (nSPS) is 26.2. The van der Waals surface area contributed by atoms with E-state index < -0.39 is 53.7 Å². The lowest BCUT2D eigenvalue weighted by molar-refractivity contribution is -0.237. The second kappa shape index (κ2) is 11.9. The predicted octanol–water partition coefficient (Wildman–Crippen LogP) is 0.274. The van der Waals surface area contributed by atoms with Crippen molar-refractivity contribution < 1.29 is 42.9 Å². The molecule has 11 nitrogen and oxygen atoms in total. The largest absolute Gasteiger partial charge is 0.463 e. The Bertz CT molecular complexity index is 618. The summed E-state index contributed by atoms with van der Waals surface area (Å²) in [6.07, 6.45) is -4.76. The Kier molecular flexibility index (Phi) is 11.1. The van der Waals surface area contributed by atoms with Crippen LogP contribution >= 0.6 is 28.7 Å². The van der Waals surface area contributed by atoms with Crippen LogP contribution in [0.1, 0.15) is 27.7 Å². The summed E-state index contributed by atoms with van der Waals surface area (Å²) in [5, 5.41) is 7.10. The van der Waals surface area contributed by atoms with E-state index in [0.717, 1.165) is 20.8 Å². The number of esters is 4. The average Bonchev–Trinajstić information content (AvgIpc) is 2.49. The van der Waals surface area contributed by atoms with Gasteiger partial charge in [-0.25, -0.2) is 0 Å². The van der Waals surface area contributed by atoms with Gasteiger partial charge in [-0.2, -0.15) is 0 Å². The van der Waals surface area contributed by atoms with E-state index in [1.54, 1.807) is 0 Å². The molecular formula is C15H23BrN2O9S. The lowest BCUT2D eigenvalue weighted by Gasteiger charge is -2.43. The topological polar surface area (TPSA) is 164 Å². The number of carbonyl (C=O) groups is 4. The minimum absolute atomic E-state index is 0. The fourth-order valence-electron chi connectivity index (χ4n) is 2.41. The molecule has 0 bridgehead atoms. The van der Waals surface area contributed by atoms with Gasteiger partial charge in [-0.1, -0.05) is 11.8 Å². The minimum Gasteiger partial charge on any atom is -0.463 e. The SMILES string of the molecule is Br.CC(=O)OC[C@H]1O[C@@H](SC(=N)N)[C@H](OC(C)=O)[C@@H](OC(C)=O)[C@H]1OC(C)=O. The second-order valence-corrected chi connectivity index (χ2v) is 6.69. The molecule has 1 saturated heterocycles. The highest BCUT2D eigenvalue weighted by Gasteiger charge is 2.52. The molecule has 0 aromatic rings. The molecule has 0 aliphatic carbocycles. The third kappa shape index (κ3) is 8.44. The third-order valence-corrected chi connectivity index (χ3v) is 4.06. The number of carbonyl (C=O) groups excluding carboxylic acids is 4. The summed E-state index contributed by atoms with van der Waals surface area (Å²) >= 11 is 0.705. The fraction of sp³-hybridized carbons (Fsp3) is 0.667. The van der Waals surface area contributed by atoms with Crippen molar-refractivity contribution in [3.05, 3.63) is 0 Å². The number of nitrogens with one attached hydrogen (secondary N) is 1. The van der Waals surface area contributed by atoms with Crippen LogP contribution in [0.3, 0.4) is 0 Å². The van der Waals surface area contributed by atoms with Crippen LogP contribution in [0.25, 0.3) is 0 Å². The Labute approximate surface area is 176 Å². The van der Waals surface area contributed by atoms with Gasteiger partial charge in [-0.15, -0.1) is 17.0 Å². The minimum atomic E-state index is -1.26. The quantitative estimate of drug-likeness (QED) is 0.229. The van der Waals surface area contributed by atoms with Gasteiger partial charge < -0.3 is 29.4 Å². The van der Waals surface area contributed by atoms with Crippen LogP contribution in [0.5, 0.6) is 0 Å². The van der Waals surface area contributed by atoms with Gasteiger partial charge >= 0.3 is 23.9 Å². The second-order valence-electron chi connectivity index (χ2n) is 5.55. The maximum absolute atomic E-state index is 11.6. The van der Waals surface area contributed by atoms with E-state index in [2.05, 4.69) is 0 Å². The number of halogens is 1. The van der Waals surface area contributed by atoms with Crippen LogP contribution < -0.4 is 5.73 Å². The van der Waals surface area contributed by atoms with Crippen molar-refractivity contribution in [2.45, 2.75) is 57.5 Å². The number of rotatable bonds is 6. The number of hydrogen-bond acceptors (Lipinski definition) is 11. The molecule has 1 rings (SSSR count). The highest BCUT2D eigenvalue weighted by Crippen LogP contribution is 2.34. The van der Waals surface area contributed by atoms with Crippen LogP contribution in [-0.4, -0.2) is 65.5 Å². The summed E-state index contributed by atoms with van der Waals surface area (Å²) in [5.41, 5.74) is 4.33. The van der Waals surface area contributed by atoms with Gasteiger partial charge in [-0.05, 0) is 0 Å². The summed E-state index contributed by atoms with van der Waals surface area (Å²) in [4.78, 5) is 45.7. The maximum Gasteiger partial charge on any atom is 0.303 e. The van der Waals surface area contributed by atoms with Gasteiger partial charge in [0, 0.05) is 27.7 Å². The molecule has 0 aromatic carbocycles. The summed E-state index contributed by atoms with van der Waals surface area (Å²) in [6.45, 7) is 4.24. The zero-order valence-corrected chi connectivity index (χ0v) is 18.2. The molecule has 160 valence electrons. The van der Waals surface area contributed by atoms with Gasteiger partial charge in [0.1, 0.15) is 12.7 Å². The smallest absolute Gasteiger partial charge is 0.303 e. The molecule has 1 aliphatic heterocycles. The van der Waals surface area contributed by atoms with E-state index in [1.807, 2.05) is 0 Å². The van der Waals surface area contributed by atoms with Crippen molar-refractivity contribution in [1.29, 1.82) is 5.41 Å². The Morgan fingerprint density at radius 1 is 0.893 bits per heavy atom. The molecular weight excluding hydrogens is 464 g/mol. The van der Waals surface area contributed by atoms with E-state index in [0.29, 0.717) is 11.8 Å². The molecule has 0 amide bonds. The Morgan fingerprint density at radius 3 is 1.79 bits per heavy atom. The van der Waals surface area contributed by atoms with Crippen molar-refractivity contribution >= 4 is 57.8 Å². The van der Waals surface area contributed by atoms with Gasteiger partial charge in [-0.3, -0.25) is 24.6 Å². The molecule has 0 unspecified atom stereocenters. The molecule has 1 aliphatic rings. The van der Waals surface area contributed by atoms with Crippen molar-refractivity contribution in [3.63, 3.8) is 0 Å². The van der Waals surface area contributed by atoms with Gasteiger partial charge in [0.15, 0.2) is 28.9 Å². The zero-order chi connectivity index (χ0) is 20.7. The molecule has 0 aromatic heterocycles. The molecule has 5 atom stereocenters. The first-order valence-corrected chi connectivity index (χ1v) is 8.70. The molecule has 13 heteroatoms. The molecule has 0 radical (unpaired) electrons. The standard InChI is InChI=1S/C15H22N2O9S.BrH/c1-6(18)22-5-10-11(23-7(2)19)12(24-8(3)20)13(25-9(4)21)14(26-10)27-15(16)17;/h10-14H,5H2,1-4H3,(H3,16,17);1H/t10-,11+,12+,13-,14+;/m1./s1. The van der Waals surface area contributed by atoms with E-state index in [-0.39, 0.29) is 28.8 Å². The van der Waals surface area contributed by atoms with E-state index in [4.69, 9.17) is 34.8 Å². The molecule has 1 heterocycles. The number of ether oxygens (including phenoxy) is 5. The van der Waals surface area contributed by atoms with Crippen LogP contribution in [0.2, 0.25) is 0 Å². The van der Waals surface area contributed by atoms with E-state index in [9.17, 15) is 19.2 Å². The molecule has 1 fully saturated rings. The molecule has 0 saturated carbocycles. The van der Waals surface area contributed by atoms with E-state index >= 15 is 0 Å². The lowest BCUT2D eigenvalue weighted by Crippen LogP contribution is -2.61. The number of thioether (sulfide) groups is 1. The van der Waals surface area contributed by atoms with Crippen LogP contribution in [-0.2, 0) is 42.9 Å². The average molecular weight is 487 g/mol. The van der Waals surface area contributed by atoms with E-state index in [1.165, 1.54) is 6.92 Å². The van der Waals surface area contributed by atoms with Crippen LogP contribution in [0.15, 0.2) is 0 Å². The predicted molar refractivity (Wildman–Crippen MR) is 102 cm³/mol. The fourth-order valence-corrected chi connectivity index (χ4v) is 3.20. The number of nitrogens with two attached hydrogens (primary N) is 1. The summed E-state index contributed by atoms with van der Waals surface area (Å²) in [6, 6.07) is 0. The van der Waals surface area contributed by atoms with Gasteiger partial charge in [0.25, 0.3) is 0 Å². The summed E-state index contributed by atoms with van der Waals surface area (Å²) < 4.78 is 26.2.